The van der Waals surface area contributed by atoms with Crippen LogP contribution >= 0.6 is 11.6 Å². The molecule has 1 unspecified atom stereocenters. The summed E-state index contributed by atoms with van der Waals surface area (Å²) in [5, 5.41) is 23.2. The van der Waals surface area contributed by atoms with Crippen LogP contribution < -0.4 is 5.32 Å². The van der Waals surface area contributed by atoms with E-state index in [-0.39, 0.29) is 22.8 Å². The van der Waals surface area contributed by atoms with Crippen molar-refractivity contribution in [1.29, 1.82) is 0 Å². The third kappa shape index (κ3) is 4.96. The monoisotopic (exact) mass is 315 g/mol. The van der Waals surface area contributed by atoms with Gasteiger partial charge in [0.15, 0.2) is 0 Å². The van der Waals surface area contributed by atoms with E-state index in [1.165, 1.54) is 18.2 Å². The molecule has 0 spiro atoms. The summed E-state index contributed by atoms with van der Waals surface area (Å²) in [5.41, 5.74) is -1.44. The molecule has 7 nitrogen and oxygen atoms in total. The van der Waals surface area contributed by atoms with Gasteiger partial charge in [0, 0.05) is 19.2 Å². The van der Waals surface area contributed by atoms with Crippen molar-refractivity contribution in [2.45, 2.75) is 12.5 Å². The second-order valence-corrected chi connectivity index (χ2v) is 5.69. The number of nitro groups is 1. The normalized spacial score (nSPS) is 13.8. The summed E-state index contributed by atoms with van der Waals surface area (Å²) in [5.74, 6) is -0.567. The minimum atomic E-state index is -1.12. The third-order valence-electron chi connectivity index (χ3n) is 2.71. The summed E-state index contributed by atoms with van der Waals surface area (Å²) in [7, 11) is 3.60. The molecule has 1 amide bonds. The van der Waals surface area contributed by atoms with E-state index in [1.54, 1.807) is 25.9 Å². The topological polar surface area (TPSA) is 95.7 Å². The van der Waals surface area contributed by atoms with E-state index in [2.05, 4.69) is 5.32 Å². The van der Waals surface area contributed by atoms with E-state index >= 15 is 0 Å². The molecule has 0 aromatic heterocycles. The van der Waals surface area contributed by atoms with Gasteiger partial charge in [-0.2, -0.15) is 0 Å². The number of nitro benzene ring substituents is 1. The van der Waals surface area contributed by atoms with Gasteiger partial charge in [0.05, 0.1) is 16.1 Å². The Balaban J connectivity index is 2.82. The van der Waals surface area contributed by atoms with Gasteiger partial charge in [-0.1, -0.05) is 17.7 Å². The molecule has 0 saturated carbocycles. The van der Waals surface area contributed by atoms with Crippen LogP contribution in [0.2, 0.25) is 5.02 Å². The molecule has 0 saturated heterocycles. The van der Waals surface area contributed by atoms with Crippen LogP contribution in [0, 0.1) is 10.1 Å². The van der Waals surface area contributed by atoms with Crippen LogP contribution in [-0.4, -0.2) is 53.6 Å². The zero-order chi connectivity index (χ0) is 16.2. The van der Waals surface area contributed by atoms with Gasteiger partial charge in [0.1, 0.15) is 5.02 Å². The smallest absolute Gasteiger partial charge is 0.288 e. The van der Waals surface area contributed by atoms with Crippen LogP contribution in [0.5, 0.6) is 0 Å². The van der Waals surface area contributed by atoms with Crippen LogP contribution in [0.4, 0.5) is 5.69 Å². The minimum absolute atomic E-state index is 0.00301. The number of nitrogens with zero attached hydrogens (tertiary/aromatic N) is 2. The van der Waals surface area contributed by atoms with Crippen molar-refractivity contribution in [2.75, 3.05) is 27.2 Å². The number of amides is 1. The Labute approximate surface area is 127 Å². The molecule has 21 heavy (non-hydrogen) atoms. The van der Waals surface area contributed by atoms with Crippen molar-refractivity contribution >= 4 is 23.2 Å². The Hall–Kier alpha value is -1.70. The van der Waals surface area contributed by atoms with E-state index in [1.807, 2.05) is 0 Å². The number of aliphatic hydroxyl groups is 1. The minimum Gasteiger partial charge on any atom is -0.387 e. The zero-order valence-corrected chi connectivity index (χ0v) is 12.8. The first-order valence-corrected chi connectivity index (χ1v) is 6.60. The molecule has 1 aromatic carbocycles. The number of benzene rings is 1. The predicted molar refractivity (Wildman–Crippen MR) is 79.6 cm³/mol. The molecular weight excluding hydrogens is 298 g/mol. The van der Waals surface area contributed by atoms with Crippen LogP contribution in [0.1, 0.15) is 17.3 Å². The number of halogens is 1. The van der Waals surface area contributed by atoms with Crippen LogP contribution in [0.15, 0.2) is 18.2 Å². The second-order valence-electron chi connectivity index (χ2n) is 5.31. The lowest BCUT2D eigenvalue weighted by molar-refractivity contribution is -0.384. The van der Waals surface area contributed by atoms with Crippen molar-refractivity contribution in [1.82, 2.24) is 10.2 Å². The highest BCUT2D eigenvalue weighted by Gasteiger charge is 2.24. The average molecular weight is 316 g/mol. The molecule has 0 radical (unpaired) electrons. The lowest BCUT2D eigenvalue weighted by Gasteiger charge is -2.27. The summed E-state index contributed by atoms with van der Waals surface area (Å²) in [6, 6.07) is 4.00. The third-order valence-corrected chi connectivity index (χ3v) is 3.10. The lowest BCUT2D eigenvalue weighted by Crippen LogP contribution is -2.47. The van der Waals surface area contributed by atoms with Gasteiger partial charge in [-0.15, -0.1) is 0 Å². The first-order valence-electron chi connectivity index (χ1n) is 6.22. The molecule has 0 heterocycles. The summed E-state index contributed by atoms with van der Waals surface area (Å²) in [6.07, 6.45) is 0. The second kappa shape index (κ2) is 6.84. The average Bonchev–Trinajstić information content (AvgIpc) is 2.34. The van der Waals surface area contributed by atoms with E-state index in [4.69, 9.17) is 11.6 Å². The molecule has 0 aliphatic rings. The first-order chi connectivity index (χ1) is 9.64. The Morgan fingerprint density at radius 3 is 2.67 bits per heavy atom. The quantitative estimate of drug-likeness (QED) is 0.609. The molecule has 1 atom stereocenters. The van der Waals surface area contributed by atoms with Crippen molar-refractivity contribution in [3.63, 3.8) is 0 Å². The maximum atomic E-state index is 12.0. The largest absolute Gasteiger partial charge is 0.387 e. The van der Waals surface area contributed by atoms with E-state index in [0.717, 1.165) is 0 Å². The molecule has 1 rings (SSSR count). The van der Waals surface area contributed by atoms with Gasteiger partial charge < -0.3 is 15.3 Å². The molecule has 116 valence electrons. The Kier molecular flexibility index (Phi) is 5.65. The van der Waals surface area contributed by atoms with Crippen molar-refractivity contribution < 1.29 is 14.8 Å². The Bertz CT molecular complexity index is 546. The Morgan fingerprint density at radius 2 is 2.14 bits per heavy atom. The first kappa shape index (κ1) is 17.4. The highest BCUT2D eigenvalue weighted by atomic mass is 35.5. The van der Waals surface area contributed by atoms with Crippen molar-refractivity contribution in [2.24, 2.45) is 0 Å². The number of hydrogen-bond donors (Lipinski definition) is 2. The highest BCUT2D eigenvalue weighted by molar-refractivity contribution is 6.35. The number of nitrogens with one attached hydrogen (secondary N) is 1. The number of hydrogen-bond acceptors (Lipinski definition) is 5. The van der Waals surface area contributed by atoms with Gasteiger partial charge in [0.2, 0.25) is 0 Å². The molecule has 0 aliphatic heterocycles. The standard InChI is InChI=1S/C13H18ClN3O4/c1-13(19,8-16(2)3)7-15-12(18)9-5-4-6-10(11(9)14)17(20)21/h4-6,19H,7-8H2,1-3H3,(H,15,18). The summed E-state index contributed by atoms with van der Waals surface area (Å²) in [4.78, 5) is 23.9. The van der Waals surface area contributed by atoms with Gasteiger partial charge >= 0.3 is 0 Å². The van der Waals surface area contributed by atoms with Crippen LogP contribution in [0.25, 0.3) is 0 Å². The fraction of sp³-hybridized carbons (Fsp3) is 0.462. The zero-order valence-electron chi connectivity index (χ0n) is 12.1. The maximum Gasteiger partial charge on any atom is 0.288 e. The van der Waals surface area contributed by atoms with Crippen molar-refractivity contribution in [3.8, 4) is 0 Å². The molecular formula is C13H18ClN3O4. The number of carbonyl (C=O) groups excluding carboxylic acids is 1. The number of likely N-dealkylation sites (N-methyl/N-ethyl adjacent to an activating group) is 1. The molecule has 2 N–H and O–H groups in total. The molecule has 8 heteroatoms. The summed E-state index contributed by atoms with van der Waals surface area (Å²) >= 11 is 5.86. The van der Waals surface area contributed by atoms with Crippen molar-refractivity contribution in [3.05, 3.63) is 38.9 Å². The van der Waals surface area contributed by atoms with Gasteiger partial charge in [-0.05, 0) is 27.1 Å². The summed E-state index contributed by atoms with van der Waals surface area (Å²) < 4.78 is 0. The Morgan fingerprint density at radius 1 is 1.52 bits per heavy atom. The molecule has 0 bridgehead atoms. The molecule has 1 aromatic rings. The summed E-state index contributed by atoms with van der Waals surface area (Å²) in [6.45, 7) is 1.95. The molecule has 0 aliphatic carbocycles. The van der Waals surface area contributed by atoms with E-state index in [0.29, 0.717) is 6.54 Å². The van der Waals surface area contributed by atoms with E-state index in [9.17, 15) is 20.0 Å². The van der Waals surface area contributed by atoms with Gasteiger partial charge in [-0.3, -0.25) is 14.9 Å². The maximum absolute atomic E-state index is 12.0. The van der Waals surface area contributed by atoms with Gasteiger partial charge in [-0.25, -0.2) is 0 Å². The number of carbonyl (C=O) groups is 1. The van der Waals surface area contributed by atoms with Gasteiger partial charge in [0.25, 0.3) is 11.6 Å². The number of rotatable bonds is 6. The van der Waals surface area contributed by atoms with Crippen LogP contribution in [-0.2, 0) is 0 Å². The fourth-order valence-electron chi connectivity index (χ4n) is 1.94. The lowest BCUT2D eigenvalue weighted by atomic mass is 10.1. The fourth-order valence-corrected chi connectivity index (χ4v) is 2.22. The van der Waals surface area contributed by atoms with Crippen LogP contribution in [0.3, 0.4) is 0 Å². The van der Waals surface area contributed by atoms with E-state index < -0.39 is 16.4 Å². The molecule has 0 fully saturated rings. The predicted octanol–water partition coefficient (Wildman–Crippen LogP) is 1.29. The highest BCUT2D eigenvalue weighted by Crippen LogP contribution is 2.27. The SMILES string of the molecule is CN(C)CC(C)(O)CNC(=O)c1cccc([N+](=O)[O-])c1Cl.